The highest BCUT2D eigenvalue weighted by molar-refractivity contribution is 6.00. The largest absolute Gasteiger partial charge is 0.398 e. The highest BCUT2D eigenvalue weighted by atomic mass is 16.2. The normalized spacial score (nSPS) is 12.7. The van der Waals surface area contributed by atoms with Crippen molar-refractivity contribution in [2.24, 2.45) is 4.99 Å². The first kappa shape index (κ1) is 52.3. The molecule has 0 spiro atoms. The van der Waals surface area contributed by atoms with Gasteiger partial charge in [-0.25, -0.2) is 9.98 Å². The highest BCUT2D eigenvalue weighted by Crippen LogP contribution is 2.30. The monoisotopic (exact) mass is 1010 g/mol. The molecular weight excluding hydrogens is 941 g/mol. The lowest BCUT2D eigenvalue weighted by Crippen LogP contribution is -2.71. The zero-order chi connectivity index (χ0) is 52.6. The van der Waals surface area contributed by atoms with Crippen LogP contribution in [0.1, 0.15) is 89.6 Å². The van der Waals surface area contributed by atoms with E-state index in [1.54, 1.807) is 0 Å². The molecule has 0 aliphatic heterocycles. The maximum absolute atomic E-state index is 13.0. The van der Waals surface area contributed by atoms with E-state index in [1.165, 1.54) is 0 Å². The van der Waals surface area contributed by atoms with Gasteiger partial charge in [0.05, 0.1) is 0 Å². The molecule has 0 saturated carbocycles. The van der Waals surface area contributed by atoms with Crippen molar-refractivity contribution < 1.29 is 19.5 Å². The summed E-state index contributed by atoms with van der Waals surface area (Å²) in [5.74, 6) is -0.144. The van der Waals surface area contributed by atoms with Gasteiger partial charge in [-0.2, -0.15) is 0 Å². The highest BCUT2D eigenvalue weighted by Gasteiger charge is 2.21. The molecule has 7 aromatic carbocycles. The van der Waals surface area contributed by atoms with Crippen molar-refractivity contribution in [3.05, 3.63) is 198 Å². The Morgan fingerprint density at radius 3 is 1.76 bits per heavy atom. The summed E-state index contributed by atoms with van der Waals surface area (Å²) in [7, 11) is 0. The number of benzene rings is 7. The number of aliphatic imine (C=N–C) groups is 1. The van der Waals surface area contributed by atoms with E-state index in [0.717, 1.165) is 166 Å². The minimum atomic E-state index is -0.0741. The summed E-state index contributed by atoms with van der Waals surface area (Å²) in [6.45, 7) is 7.04. The van der Waals surface area contributed by atoms with Gasteiger partial charge in [0, 0.05) is 103 Å². The lowest BCUT2D eigenvalue weighted by molar-refractivity contribution is -0.538. The third-order valence-electron chi connectivity index (χ3n) is 13.9. The Morgan fingerprint density at radius 1 is 0.579 bits per heavy atom. The smallest absolute Gasteiger partial charge is 0.251 e. The van der Waals surface area contributed by atoms with Crippen molar-refractivity contribution in [1.82, 2.24) is 20.9 Å². The van der Waals surface area contributed by atoms with Crippen LogP contribution in [-0.4, -0.2) is 48.7 Å². The number of hydrogen-bond acceptors (Lipinski definition) is 8. The number of unbranched alkanes of at least 4 members (excludes halogenated alkanes) is 6. The summed E-state index contributed by atoms with van der Waals surface area (Å²) in [4.78, 5) is 35.9. The number of anilines is 3. The molecule has 8 aromatic rings. The number of rotatable bonds is 23. The number of aromatic nitrogens is 2. The van der Waals surface area contributed by atoms with E-state index in [1.807, 2.05) is 111 Å². The molecule has 9 rings (SSSR count). The minimum absolute atomic E-state index is 0.0696. The molecule has 0 fully saturated rings. The summed E-state index contributed by atoms with van der Waals surface area (Å²) in [5, 5.41) is 15.4. The van der Waals surface area contributed by atoms with Crippen molar-refractivity contribution in [3.8, 4) is 16.8 Å². The molecule has 0 bridgehead atoms. The van der Waals surface area contributed by atoms with Gasteiger partial charge in [-0.1, -0.05) is 92.4 Å². The van der Waals surface area contributed by atoms with Gasteiger partial charge in [0.2, 0.25) is 16.7 Å². The number of aryl methyl sites for hydroxylation is 2. The van der Waals surface area contributed by atoms with Crippen molar-refractivity contribution in [3.63, 3.8) is 0 Å². The van der Waals surface area contributed by atoms with Crippen LogP contribution >= 0.6 is 0 Å². The molecule has 12 nitrogen and oxygen atoms in total. The molecule has 12 heteroatoms. The SMILES string of the molecule is Cc1cc(N=C2C=CC(NCCCCCCNC(=O)c3ccc(-c4ccc(C(=O)NCCCCCCNc5ccc6nc7cc(C)c(N)cc7[n+](-c7ccccc7)c6c5)cc4)cc3)=CC2)c([NH2+]c2ccccc2)cc1N. The lowest BCUT2D eigenvalue weighted by Gasteiger charge is -2.13. The first-order valence-electron chi connectivity index (χ1n) is 26.8. The van der Waals surface area contributed by atoms with Crippen LogP contribution in [-0.2, 0) is 0 Å². The fraction of sp³-hybridized carbons (Fsp3) is 0.234. The van der Waals surface area contributed by atoms with Crippen LogP contribution in [0, 0.1) is 13.8 Å². The van der Waals surface area contributed by atoms with Crippen LogP contribution in [0.15, 0.2) is 181 Å². The van der Waals surface area contributed by atoms with Gasteiger partial charge in [-0.3, -0.25) is 14.9 Å². The lowest BCUT2D eigenvalue weighted by atomic mass is 10.0. The van der Waals surface area contributed by atoms with E-state index < -0.39 is 0 Å². The number of nitrogens with two attached hydrogens (primary N) is 3. The predicted octanol–water partition coefficient (Wildman–Crippen LogP) is 11.5. The predicted molar refractivity (Wildman–Crippen MR) is 312 cm³/mol. The first-order chi connectivity index (χ1) is 37.1. The minimum Gasteiger partial charge on any atom is -0.398 e. The number of nitrogen functional groups attached to an aromatic ring is 2. The molecule has 0 radical (unpaired) electrons. The average molecular weight is 1010 g/mol. The Labute approximate surface area is 446 Å². The van der Waals surface area contributed by atoms with Crippen LogP contribution in [0.25, 0.3) is 38.9 Å². The van der Waals surface area contributed by atoms with Gasteiger partial charge in [-0.05, 0) is 135 Å². The van der Waals surface area contributed by atoms with E-state index in [2.05, 4.69) is 104 Å². The Kier molecular flexibility index (Phi) is 17.6. The third-order valence-corrected chi connectivity index (χ3v) is 13.9. The maximum Gasteiger partial charge on any atom is 0.251 e. The van der Waals surface area contributed by atoms with Crippen LogP contribution in [0.2, 0.25) is 0 Å². The second-order valence-corrected chi connectivity index (χ2v) is 19.7. The number of nitrogens with zero attached hydrogens (tertiary/aromatic N) is 3. The number of nitrogens with one attached hydrogen (secondary N) is 4. The number of hydrogen-bond donors (Lipinski definition) is 7. The quantitative estimate of drug-likeness (QED) is 0.0144. The molecule has 10 N–H and O–H groups in total. The van der Waals surface area contributed by atoms with Gasteiger partial charge < -0.3 is 32.7 Å². The van der Waals surface area contributed by atoms with Crippen LogP contribution in [0.3, 0.4) is 0 Å². The van der Waals surface area contributed by atoms with Crippen molar-refractivity contribution in [2.45, 2.75) is 71.6 Å². The van der Waals surface area contributed by atoms with E-state index in [9.17, 15) is 9.59 Å². The maximum atomic E-state index is 13.0. The van der Waals surface area contributed by atoms with Crippen LogP contribution in [0.4, 0.5) is 34.1 Å². The van der Waals surface area contributed by atoms with E-state index in [0.29, 0.717) is 24.2 Å². The third kappa shape index (κ3) is 13.8. The zero-order valence-corrected chi connectivity index (χ0v) is 43.7. The second kappa shape index (κ2) is 25.6. The Hall–Kier alpha value is -8.61. The molecule has 2 amide bonds. The van der Waals surface area contributed by atoms with E-state index in [-0.39, 0.29) is 11.8 Å². The number of fused-ring (bicyclic) bond motifs is 2. The molecule has 0 atom stereocenters. The molecule has 1 heterocycles. The van der Waals surface area contributed by atoms with Crippen molar-refractivity contribution >= 4 is 73.7 Å². The van der Waals surface area contributed by atoms with E-state index >= 15 is 0 Å². The summed E-state index contributed by atoms with van der Waals surface area (Å²) in [6.07, 6.45) is 15.3. The number of quaternary nitrogens is 1. The van der Waals surface area contributed by atoms with Crippen molar-refractivity contribution in [1.29, 1.82) is 0 Å². The molecule has 0 saturated heterocycles. The number of amides is 2. The van der Waals surface area contributed by atoms with Crippen LogP contribution in [0.5, 0.6) is 0 Å². The molecule has 1 aliphatic carbocycles. The van der Waals surface area contributed by atoms with Gasteiger partial charge in [0.15, 0.2) is 5.69 Å². The molecule has 76 heavy (non-hydrogen) atoms. The molecular formula is C64H70N10O2+2. The average Bonchev–Trinajstić information content (AvgIpc) is 3.44. The fourth-order valence-electron chi connectivity index (χ4n) is 9.47. The molecule has 0 unspecified atom stereocenters. The molecule has 1 aliphatic rings. The summed E-state index contributed by atoms with van der Waals surface area (Å²) in [5.41, 5.74) is 30.5. The zero-order valence-electron chi connectivity index (χ0n) is 43.7. The topological polar surface area (TPSA) is 180 Å². The Bertz CT molecular complexity index is 3390. The summed E-state index contributed by atoms with van der Waals surface area (Å²) >= 11 is 0. The van der Waals surface area contributed by atoms with Crippen LogP contribution < -0.4 is 42.6 Å². The van der Waals surface area contributed by atoms with Gasteiger partial charge in [0.25, 0.3) is 11.8 Å². The summed E-state index contributed by atoms with van der Waals surface area (Å²) < 4.78 is 2.24. The standard InChI is InChI=1S/C64H68N10O2/c1-44-39-58(59(42-55(44)65)71-51-17-9-7-10-18-51)72-52-31-29-50(30-32-52)67-35-13-3-5-15-37-69-63(75)48-25-21-46(22-26-48)47-23-27-49(28-24-47)64(76)70-38-16-6-4-14-36-68-53-33-34-57-61(41-53)74(54-19-11-8-12-20-54)62-43-56(66)45(2)40-60(62)73-57/h7-12,17-31,33-34,39-43,67,71H,3-6,13-16,32,35-38,65H2,1-2H3,(H4,66,68,69,70,75,76)/p+2. The molecule has 1 aromatic heterocycles. The molecule has 386 valence electrons. The first-order valence-corrected chi connectivity index (χ1v) is 26.8. The number of allylic oxidation sites excluding steroid dienone is 3. The Balaban J connectivity index is 0.628. The van der Waals surface area contributed by atoms with Gasteiger partial charge in [0.1, 0.15) is 22.4 Å². The van der Waals surface area contributed by atoms with E-state index in [4.69, 9.17) is 21.4 Å². The summed E-state index contributed by atoms with van der Waals surface area (Å²) in [6, 6.07) is 50.3. The number of para-hydroxylation sites is 2. The number of carbonyl (C=O) groups is 2. The van der Waals surface area contributed by atoms with Crippen molar-refractivity contribution in [2.75, 3.05) is 43.0 Å². The van der Waals surface area contributed by atoms with Gasteiger partial charge in [-0.15, -0.1) is 4.57 Å². The van der Waals surface area contributed by atoms with Gasteiger partial charge >= 0.3 is 0 Å². The second-order valence-electron chi connectivity index (χ2n) is 19.7. The Morgan fingerprint density at radius 2 is 1.14 bits per heavy atom. The number of carbonyl (C=O) groups excluding carboxylic acids is 2. The fourth-order valence-corrected chi connectivity index (χ4v) is 9.47.